The van der Waals surface area contributed by atoms with Gasteiger partial charge in [-0.1, -0.05) is 0 Å². The van der Waals surface area contributed by atoms with Gasteiger partial charge in [0.05, 0.1) is 0 Å². The van der Waals surface area contributed by atoms with Crippen molar-refractivity contribution in [3.8, 4) is 0 Å². The Morgan fingerprint density at radius 1 is 0.750 bits per heavy atom. The quantitative estimate of drug-likeness (QED) is 0.291. The summed E-state index contributed by atoms with van der Waals surface area (Å²) in [5.74, 6) is 0. The Bertz CT molecular complexity index is 6.00. The van der Waals surface area contributed by atoms with Gasteiger partial charge >= 0.3 is 96.9 Å². The van der Waals surface area contributed by atoms with Crippen molar-refractivity contribution >= 4 is 108 Å². The normalized spacial score (nSPS) is 0. The molecule has 0 atom stereocenters. The zero-order valence-electron chi connectivity index (χ0n) is 0. The summed E-state index contributed by atoms with van der Waals surface area (Å²) in [5.41, 5.74) is 0. The van der Waals surface area contributed by atoms with Crippen molar-refractivity contribution in [2.75, 3.05) is 0 Å². The molecular weight excluding hydrogens is 114 g/mol. The van der Waals surface area contributed by atoms with Crippen LogP contribution >= 0.6 is 0 Å². The molecule has 0 saturated heterocycles. The van der Waals surface area contributed by atoms with Crippen LogP contribution in [0.1, 0.15) is 0 Å². The first-order chi connectivity index (χ1) is 0. The van der Waals surface area contributed by atoms with E-state index < -0.39 is 0 Å². The van der Waals surface area contributed by atoms with E-state index >= 15 is 0 Å². The SMILES string of the molecule is [CaH2].[NaH].[NaH].[SiH4]. The summed E-state index contributed by atoms with van der Waals surface area (Å²) in [6, 6.07) is 0. The Morgan fingerprint density at radius 2 is 0.750 bits per heavy atom. The number of hydrogen-bond donors (Lipinski definition) is 0. The van der Waals surface area contributed by atoms with Gasteiger partial charge in [0.25, 0.3) is 0 Å². The maximum atomic E-state index is 0. The van der Waals surface area contributed by atoms with E-state index in [1.165, 1.54) is 0 Å². The van der Waals surface area contributed by atoms with Crippen molar-refractivity contribution in [2.24, 2.45) is 0 Å². The van der Waals surface area contributed by atoms with Gasteiger partial charge < -0.3 is 0 Å². The molecule has 0 aromatic rings. The molecule has 4 heteroatoms. The maximum Gasteiger partial charge on any atom is -0.0149 e. The molecule has 0 spiro atoms. The standard InChI is InChI=1S/Ca.2Na.H4Si.4H/h;;;1H4;;;;. The molecule has 0 nitrogen and oxygen atoms in total. The van der Waals surface area contributed by atoms with Crippen LogP contribution in [-0.2, 0) is 0 Å². The summed E-state index contributed by atoms with van der Waals surface area (Å²) in [5, 5.41) is 0. The fourth-order valence-corrected chi connectivity index (χ4v) is 0. The summed E-state index contributed by atoms with van der Waals surface area (Å²) in [6.07, 6.45) is 0. The molecule has 0 radical (unpaired) electrons. The molecule has 0 saturated carbocycles. The van der Waals surface area contributed by atoms with Crippen LogP contribution < -0.4 is 0 Å². The third-order valence-electron chi connectivity index (χ3n) is 0. The summed E-state index contributed by atoms with van der Waals surface area (Å²) >= 11 is 0. The molecule has 0 rings (SSSR count). The average Bonchev–Trinajstić information content (AvgIpc) is 0. The van der Waals surface area contributed by atoms with Crippen LogP contribution in [0.4, 0.5) is 0 Å². The maximum absolute atomic E-state index is 0. The Morgan fingerprint density at radius 3 is 0.750 bits per heavy atom. The van der Waals surface area contributed by atoms with E-state index in [0.29, 0.717) is 0 Å². The van der Waals surface area contributed by atoms with Gasteiger partial charge in [0, 0.05) is 0 Å². The first-order valence-corrected chi connectivity index (χ1v) is 0. The van der Waals surface area contributed by atoms with Crippen LogP contribution in [0.5, 0.6) is 0 Å². The predicted molar refractivity (Wildman–Crippen MR) is 34.2 cm³/mol. The second-order valence-electron chi connectivity index (χ2n) is 0. The largest absolute Gasteiger partial charge is 0.0149 e. The van der Waals surface area contributed by atoms with Crippen LogP contribution in [0.3, 0.4) is 0 Å². The van der Waals surface area contributed by atoms with E-state index in [-0.39, 0.29) is 108 Å². The molecular formula is H8CaNa2Si. The minimum Gasteiger partial charge on any atom is -0.0149 e. The Balaban J connectivity index is 0. The van der Waals surface area contributed by atoms with E-state index in [9.17, 15) is 0 Å². The van der Waals surface area contributed by atoms with Crippen LogP contribution in [0.15, 0.2) is 0 Å². The van der Waals surface area contributed by atoms with Crippen LogP contribution in [0.2, 0.25) is 0 Å². The minimum atomic E-state index is 0. The summed E-state index contributed by atoms with van der Waals surface area (Å²) < 4.78 is 0. The Hall–Kier alpha value is 3.48. The van der Waals surface area contributed by atoms with Gasteiger partial charge in [0.2, 0.25) is 0 Å². The minimum absolute atomic E-state index is 0. The van der Waals surface area contributed by atoms with Crippen molar-refractivity contribution in [1.29, 1.82) is 0 Å². The van der Waals surface area contributed by atoms with Gasteiger partial charge in [-0.3, -0.25) is 0 Å². The van der Waals surface area contributed by atoms with E-state index in [4.69, 9.17) is 0 Å². The molecule has 0 bridgehead atoms. The molecule has 0 aromatic carbocycles. The first kappa shape index (κ1) is 25.9. The monoisotopic (exact) mass is 122 g/mol. The fourth-order valence-electron chi connectivity index (χ4n) is 0. The predicted octanol–water partition coefficient (Wildman–Crippen LogP) is -3.66. The Kier molecular flexibility index (Phi) is 104. The summed E-state index contributed by atoms with van der Waals surface area (Å²) in [7, 11) is 0. The molecule has 0 heterocycles. The second kappa shape index (κ2) is 16.1. The van der Waals surface area contributed by atoms with Crippen molar-refractivity contribution < 1.29 is 0 Å². The van der Waals surface area contributed by atoms with E-state index in [1.54, 1.807) is 0 Å². The van der Waals surface area contributed by atoms with Gasteiger partial charge in [-0.15, -0.1) is 0 Å². The topological polar surface area (TPSA) is 0 Å². The first-order valence-electron chi connectivity index (χ1n) is 0. The Labute approximate surface area is 105 Å². The summed E-state index contributed by atoms with van der Waals surface area (Å²) in [4.78, 5) is 0. The molecule has 0 aliphatic rings. The summed E-state index contributed by atoms with van der Waals surface area (Å²) in [6.45, 7) is 0. The molecule has 0 N–H and O–H groups in total. The zero-order chi connectivity index (χ0) is 0. The van der Waals surface area contributed by atoms with Crippen molar-refractivity contribution in [3.05, 3.63) is 0 Å². The van der Waals surface area contributed by atoms with E-state index in [1.807, 2.05) is 0 Å². The van der Waals surface area contributed by atoms with Crippen molar-refractivity contribution in [2.45, 2.75) is 0 Å². The van der Waals surface area contributed by atoms with E-state index in [2.05, 4.69) is 0 Å². The van der Waals surface area contributed by atoms with Crippen LogP contribution in [-0.4, -0.2) is 108 Å². The van der Waals surface area contributed by atoms with Gasteiger partial charge in [-0.05, 0) is 11.0 Å². The molecule has 0 aliphatic carbocycles. The number of hydrogen-bond acceptors (Lipinski definition) is 0. The molecule has 0 unspecified atom stereocenters. The molecule has 16 valence electrons. The van der Waals surface area contributed by atoms with Crippen molar-refractivity contribution in [3.63, 3.8) is 0 Å². The van der Waals surface area contributed by atoms with Gasteiger partial charge in [0.1, 0.15) is 0 Å². The molecule has 0 fully saturated rings. The van der Waals surface area contributed by atoms with Crippen LogP contribution in [0, 0.1) is 0 Å². The van der Waals surface area contributed by atoms with Crippen LogP contribution in [0.25, 0.3) is 0 Å². The second-order valence-corrected chi connectivity index (χ2v) is 0. The van der Waals surface area contributed by atoms with Gasteiger partial charge in [-0.2, -0.15) is 0 Å². The molecule has 0 aliphatic heterocycles. The van der Waals surface area contributed by atoms with Crippen molar-refractivity contribution in [1.82, 2.24) is 0 Å². The average molecular weight is 122 g/mol. The molecule has 4 heavy (non-hydrogen) atoms. The fraction of sp³-hybridized carbons (Fsp3) is 0. The zero-order valence-corrected chi connectivity index (χ0v) is 0. The smallest absolute Gasteiger partial charge is 0.0149 e. The molecule has 0 amide bonds. The molecule has 0 aromatic heterocycles. The van der Waals surface area contributed by atoms with E-state index in [0.717, 1.165) is 0 Å². The number of rotatable bonds is 0. The third-order valence-corrected chi connectivity index (χ3v) is 0. The van der Waals surface area contributed by atoms with Gasteiger partial charge in [-0.25, -0.2) is 0 Å². The third kappa shape index (κ3) is 9.08. The van der Waals surface area contributed by atoms with Gasteiger partial charge in [0.15, 0.2) is 0 Å².